The minimum Gasteiger partial charge on any atom is -0.495 e. The molecule has 1 aliphatic heterocycles. The maximum absolute atomic E-state index is 13.9. The van der Waals surface area contributed by atoms with Gasteiger partial charge in [-0.05, 0) is 54.1 Å². The predicted molar refractivity (Wildman–Crippen MR) is 136 cm³/mol. The third-order valence-electron chi connectivity index (χ3n) is 4.81. The number of carbonyl (C=O) groups excluding carboxylic acids is 1. The standard InChI is InChI=1S/C24H16Cl2FNO3S2/c1-30-21-10-7-15(12-19(21)26)28-23(29)22(33-24(28)32)11-14-5-8-16(9-6-14)31-13-17-18(25)3-2-4-20(17)27/h2-12H,13H2,1H3/b22-11-. The van der Waals surface area contributed by atoms with Gasteiger partial charge in [-0.15, -0.1) is 0 Å². The zero-order chi connectivity index (χ0) is 23.5. The first-order valence-corrected chi connectivity index (χ1v) is 11.6. The summed E-state index contributed by atoms with van der Waals surface area (Å²) in [5, 5.41) is 0.701. The number of hydrogen-bond acceptors (Lipinski definition) is 5. The highest BCUT2D eigenvalue weighted by atomic mass is 35.5. The SMILES string of the molecule is COc1ccc(N2C(=O)/C(=C/c3ccc(OCc4c(F)cccc4Cl)cc3)SC2=S)cc1Cl. The summed E-state index contributed by atoms with van der Waals surface area (Å²) in [7, 11) is 1.52. The Morgan fingerprint density at radius 3 is 2.52 bits per heavy atom. The molecule has 1 amide bonds. The van der Waals surface area contributed by atoms with E-state index in [4.69, 9.17) is 44.9 Å². The third-order valence-corrected chi connectivity index (χ3v) is 6.76. The summed E-state index contributed by atoms with van der Waals surface area (Å²) in [4.78, 5) is 14.9. The first-order valence-electron chi connectivity index (χ1n) is 9.64. The highest BCUT2D eigenvalue weighted by Gasteiger charge is 2.33. The van der Waals surface area contributed by atoms with Gasteiger partial charge >= 0.3 is 0 Å². The number of carbonyl (C=O) groups is 1. The number of rotatable bonds is 6. The minimum atomic E-state index is -0.417. The van der Waals surface area contributed by atoms with E-state index in [-0.39, 0.29) is 12.5 Å². The van der Waals surface area contributed by atoms with Crippen molar-refractivity contribution in [3.8, 4) is 11.5 Å². The molecule has 0 atom stereocenters. The average Bonchev–Trinajstić information content (AvgIpc) is 3.07. The number of ether oxygens (including phenoxy) is 2. The summed E-state index contributed by atoms with van der Waals surface area (Å²) < 4.78 is 25.1. The number of thioether (sulfide) groups is 1. The minimum absolute atomic E-state index is 0.00787. The number of amides is 1. The van der Waals surface area contributed by atoms with Gasteiger partial charge in [0.05, 0.1) is 27.7 Å². The fourth-order valence-electron chi connectivity index (χ4n) is 3.12. The normalized spacial score (nSPS) is 14.8. The summed E-state index contributed by atoms with van der Waals surface area (Å²) in [5.74, 6) is 0.410. The lowest BCUT2D eigenvalue weighted by molar-refractivity contribution is -0.113. The van der Waals surface area contributed by atoms with E-state index in [1.807, 2.05) is 0 Å². The molecule has 1 fully saturated rings. The van der Waals surface area contributed by atoms with E-state index in [0.29, 0.717) is 42.0 Å². The van der Waals surface area contributed by atoms with Gasteiger partial charge in [0.1, 0.15) is 23.9 Å². The van der Waals surface area contributed by atoms with Crippen LogP contribution in [-0.2, 0) is 11.4 Å². The van der Waals surface area contributed by atoms with Gasteiger partial charge in [0.15, 0.2) is 4.32 Å². The summed E-state index contributed by atoms with van der Waals surface area (Å²) in [6.45, 7) is 0.00787. The maximum Gasteiger partial charge on any atom is 0.270 e. The molecule has 1 aliphatic rings. The Balaban J connectivity index is 1.47. The second-order valence-corrected chi connectivity index (χ2v) is 9.38. The van der Waals surface area contributed by atoms with E-state index >= 15 is 0 Å². The van der Waals surface area contributed by atoms with Crippen molar-refractivity contribution < 1.29 is 18.7 Å². The van der Waals surface area contributed by atoms with Crippen molar-refractivity contribution in [3.63, 3.8) is 0 Å². The Bertz CT molecular complexity index is 1240. The van der Waals surface area contributed by atoms with Crippen molar-refractivity contribution in [2.45, 2.75) is 6.61 Å². The molecule has 0 radical (unpaired) electrons. The van der Waals surface area contributed by atoms with Crippen LogP contribution < -0.4 is 14.4 Å². The lowest BCUT2D eigenvalue weighted by atomic mass is 10.2. The predicted octanol–water partition coefficient (Wildman–Crippen LogP) is 7.13. The Morgan fingerprint density at radius 1 is 1.09 bits per heavy atom. The van der Waals surface area contributed by atoms with Crippen LogP contribution in [0.3, 0.4) is 0 Å². The van der Waals surface area contributed by atoms with Gasteiger partial charge in [0, 0.05) is 5.56 Å². The van der Waals surface area contributed by atoms with E-state index in [1.165, 1.54) is 29.8 Å². The number of hydrogen-bond donors (Lipinski definition) is 0. The third kappa shape index (κ3) is 5.17. The van der Waals surface area contributed by atoms with E-state index in [0.717, 1.165) is 5.56 Å². The number of methoxy groups -OCH3 is 1. The largest absolute Gasteiger partial charge is 0.495 e. The molecule has 1 saturated heterocycles. The van der Waals surface area contributed by atoms with Crippen LogP contribution in [0.25, 0.3) is 6.08 Å². The van der Waals surface area contributed by atoms with Gasteiger partial charge in [-0.25, -0.2) is 4.39 Å². The number of halogens is 3. The van der Waals surface area contributed by atoms with Crippen molar-refractivity contribution in [1.82, 2.24) is 0 Å². The van der Waals surface area contributed by atoms with Gasteiger partial charge in [-0.3, -0.25) is 9.69 Å². The van der Waals surface area contributed by atoms with Crippen molar-refractivity contribution >= 4 is 69.2 Å². The zero-order valence-electron chi connectivity index (χ0n) is 17.2. The van der Waals surface area contributed by atoms with Crippen molar-refractivity contribution in [2.24, 2.45) is 0 Å². The monoisotopic (exact) mass is 519 g/mol. The van der Waals surface area contributed by atoms with Crippen molar-refractivity contribution in [2.75, 3.05) is 12.0 Å². The number of anilines is 1. The molecule has 4 rings (SSSR count). The van der Waals surface area contributed by atoms with Crippen LogP contribution in [0.2, 0.25) is 10.0 Å². The number of benzene rings is 3. The van der Waals surface area contributed by atoms with Gasteiger partial charge in [0.2, 0.25) is 0 Å². The molecule has 0 aliphatic carbocycles. The molecule has 9 heteroatoms. The Kier molecular flexibility index (Phi) is 7.24. The number of thiocarbonyl (C=S) groups is 1. The molecule has 1 heterocycles. The molecular weight excluding hydrogens is 504 g/mol. The van der Waals surface area contributed by atoms with Crippen LogP contribution in [0.4, 0.5) is 10.1 Å². The Hall–Kier alpha value is -2.58. The second-order valence-electron chi connectivity index (χ2n) is 6.89. The second kappa shape index (κ2) is 10.1. The van der Waals surface area contributed by atoms with Crippen molar-refractivity contribution in [1.29, 1.82) is 0 Å². The molecule has 0 unspecified atom stereocenters. The van der Waals surface area contributed by atoms with Crippen LogP contribution in [0.1, 0.15) is 11.1 Å². The topological polar surface area (TPSA) is 38.8 Å². The summed E-state index contributed by atoms with van der Waals surface area (Å²) in [6.07, 6.45) is 1.75. The van der Waals surface area contributed by atoms with Gasteiger partial charge in [0.25, 0.3) is 5.91 Å². The quantitative estimate of drug-likeness (QED) is 0.256. The molecule has 33 heavy (non-hydrogen) atoms. The van der Waals surface area contributed by atoms with Gasteiger partial charge < -0.3 is 9.47 Å². The molecule has 4 nitrogen and oxygen atoms in total. The first-order chi connectivity index (χ1) is 15.9. The van der Waals surface area contributed by atoms with E-state index in [1.54, 1.807) is 60.7 Å². The first kappa shape index (κ1) is 23.6. The molecule has 3 aromatic rings. The molecule has 0 saturated carbocycles. The molecular formula is C24H16Cl2FNO3S2. The Labute approximate surface area is 209 Å². The zero-order valence-corrected chi connectivity index (χ0v) is 20.3. The van der Waals surface area contributed by atoms with E-state index in [2.05, 4.69) is 0 Å². The average molecular weight is 520 g/mol. The van der Waals surface area contributed by atoms with Crippen LogP contribution >= 0.6 is 47.2 Å². The molecule has 3 aromatic carbocycles. The molecule has 168 valence electrons. The van der Waals surface area contributed by atoms with E-state index < -0.39 is 5.82 Å². The molecule has 0 aromatic heterocycles. The summed E-state index contributed by atoms with van der Waals surface area (Å²) >= 11 is 18.9. The lowest BCUT2D eigenvalue weighted by Crippen LogP contribution is -2.27. The van der Waals surface area contributed by atoms with Gasteiger partial charge in [-0.2, -0.15) is 0 Å². The number of nitrogens with zero attached hydrogens (tertiary/aromatic N) is 1. The lowest BCUT2D eigenvalue weighted by Gasteiger charge is -2.15. The fourth-order valence-corrected chi connectivity index (χ4v) is 4.89. The molecule has 0 bridgehead atoms. The highest BCUT2D eigenvalue weighted by Crippen LogP contribution is 2.38. The van der Waals surface area contributed by atoms with Crippen LogP contribution in [0.15, 0.2) is 65.6 Å². The summed E-state index contributed by atoms with van der Waals surface area (Å²) in [6, 6.07) is 16.6. The Morgan fingerprint density at radius 2 is 1.85 bits per heavy atom. The maximum atomic E-state index is 13.9. The molecule has 0 N–H and O–H groups in total. The fraction of sp³-hybridized carbons (Fsp3) is 0.0833. The summed E-state index contributed by atoms with van der Waals surface area (Å²) in [5.41, 5.74) is 1.66. The van der Waals surface area contributed by atoms with Crippen LogP contribution in [-0.4, -0.2) is 17.3 Å². The smallest absolute Gasteiger partial charge is 0.270 e. The molecule has 0 spiro atoms. The van der Waals surface area contributed by atoms with Crippen molar-refractivity contribution in [3.05, 3.63) is 92.6 Å². The van der Waals surface area contributed by atoms with Crippen LogP contribution in [0, 0.1) is 5.82 Å². The highest BCUT2D eigenvalue weighted by molar-refractivity contribution is 8.27. The van der Waals surface area contributed by atoms with E-state index in [9.17, 15) is 9.18 Å². The van der Waals surface area contributed by atoms with Crippen LogP contribution in [0.5, 0.6) is 11.5 Å². The van der Waals surface area contributed by atoms with Gasteiger partial charge in [-0.1, -0.05) is 65.4 Å².